The van der Waals surface area contributed by atoms with Crippen molar-refractivity contribution in [3.63, 3.8) is 0 Å². The second-order valence-electron chi connectivity index (χ2n) is 5.96. The third-order valence-corrected chi connectivity index (χ3v) is 4.42. The Morgan fingerprint density at radius 1 is 1.48 bits per heavy atom. The molecular formula is C15H22N4O2. The van der Waals surface area contributed by atoms with E-state index in [2.05, 4.69) is 15.3 Å². The van der Waals surface area contributed by atoms with Gasteiger partial charge in [-0.2, -0.15) is 0 Å². The average molecular weight is 290 g/mol. The van der Waals surface area contributed by atoms with Crippen LogP contribution in [0.5, 0.6) is 0 Å². The van der Waals surface area contributed by atoms with Crippen LogP contribution in [0.15, 0.2) is 18.6 Å². The van der Waals surface area contributed by atoms with Gasteiger partial charge < -0.3 is 15.0 Å². The summed E-state index contributed by atoms with van der Waals surface area (Å²) in [5.74, 6) is 0.533. The van der Waals surface area contributed by atoms with Crippen LogP contribution in [-0.2, 0) is 9.53 Å². The lowest BCUT2D eigenvalue weighted by Gasteiger charge is -2.40. The summed E-state index contributed by atoms with van der Waals surface area (Å²) in [6, 6.07) is 1.97. The normalized spacial score (nSPS) is 27.6. The number of ether oxygens (including phenoxy) is 1. The lowest BCUT2D eigenvalue weighted by Crippen LogP contribution is -2.58. The number of nitrogens with one attached hydrogen (secondary N) is 1. The van der Waals surface area contributed by atoms with Crippen molar-refractivity contribution >= 4 is 5.91 Å². The predicted molar refractivity (Wildman–Crippen MR) is 77.8 cm³/mol. The van der Waals surface area contributed by atoms with Crippen LogP contribution < -0.4 is 5.32 Å². The van der Waals surface area contributed by atoms with Gasteiger partial charge in [-0.05, 0) is 25.8 Å². The fourth-order valence-electron chi connectivity index (χ4n) is 3.12. The van der Waals surface area contributed by atoms with E-state index in [4.69, 9.17) is 4.74 Å². The molecule has 1 aromatic rings. The van der Waals surface area contributed by atoms with E-state index < -0.39 is 5.60 Å². The van der Waals surface area contributed by atoms with E-state index in [1.165, 1.54) is 0 Å². The summed E-state index contributed by atoms with van der Waals surface area (Å²) in [5, 5.41) is 3.24. The molecule has 6 heteroatoms. The quantitative estimate of drug-likeness (QED) is 0.862. The van der Waals surface area contributed by atoms with Gasteiger partial charge >= 0.3 is 0 Å². The Hall–Kier alpha value is -1.53. The Labute approximate surface area is 124 Å². The summed E-state index contributed by atoms with van der Waals surface area (Å²) in [6.45, 7) is 5.44. The maximum atomic E-state index is 12.7. The van der Waals surface area contributed by atoms with E-state index in [1.807, 2.05) is 17.9 Å². The van der Waals surface area contributed by atoms with Crippen LogP contribution in [0.4, 0.5) is 0 Å². The molecule has 0 bridgehead atoms. The van der Waals surface area contributed by atoms with Crippen molar-refractivity contribution in [2.45, 2.75) is 31.3 Å². The van der Waals surface area contributed by atoms with Crippen molar-refractivity contribution in [3.8, 4) is 0 Å². The molecule has 6 nitrogen and oxygen atoms in total. The molecule has 21 heavy (non-hydrogen) atoms. The van der Waals surface area contributed by atoms with Gasteiger partial charge in [0.05, 0.1) is 6.61 Å². The number of aromatic nitrogens is 2. The Kier molecular flexibility index (Phi) is 4.17. The number of morpholine rings is 1. The first-order valence-corrected chi connectivity index (χ1v) is 7.59. The molecule has 0 aliphatic carbocycles. The smallest absolute Gasteiger partial charge is 0.255 e. The maximum Gasteiger partial charge on any atom is 0.255 e. The molecule has 0 radical (unpaired) electrons. The second kappa shape index (κ2) is 6.07. The molecule has 114 valence electrons. The summed E-state index contributed by atoms with van der Waals surface area (Å²) in [5.41, 5.74) is 0.374. The Bertz CT molecular complexity index is 480. The molecule has 2 fully saturated rings. The van der Waals surface area contributed by atoms with E-state index in [9.17, 15) is 4.79 Å². The molecule has 2 aliphatic heterocycles. The third kappa shape index (κ3) is 3.06. The first-order valence-electron chi connectivity index (χ1n) is 7.59. The van der Waals surface area contributed by atoms with Crippen LogP contribution in [0, 0.1) is 0 Å². The largest absolute Gasteiger partial charge is 0.363 e. The fraction of sp³-hybridized carbons (Fsp3) is 0.667. The van der Waals surface area contributed by atoms with Gasteiger partial charge in [0, 0.05) is 44.0 Å². The highest BCUT2D eigenvalue weighted by Gasteiger charge is 2.40. The minimum atomic E-state index is -0.708. The summed E-state index contributed by atoms with van der Waals surface area (Å²) >= 11 is 0. The molecule has 1 atom stereocenters. The van der Waals surface area contributed by atoms with Crippen LogP contribution in [0.3, 0.4) is 0 Å². The number of hydrogen-bond donors (Lipinski definition) is 1. The van der Waals surface area contributed by atoms with Gasteiger partial charge in [-0.25, -0.2) is 9.97 Å². The molecule has 0 spiro atoms. The Balaban J connectivity index is 1.59. The number of carbonyl (C=O) groups excluding carboxylic acids is 1. The standard InChI is InChI=1S/C15H22N4O2/c1-15(10-16-6-9-21-15)14(20)19-7-3-12(4-8-19)13-2-5-17-11-18-13/h2,5,11-12,16H,3-4,6-10H2,1H3. The lowest BCUT2D eigenvalue weighted by molar-refractivity contribution is -0.160. The zero-order valence-corrected chi connectivity index (χ0v) is 12.4. The van der Waals surface area contributed by atoms with Gasteiger partial charge in [0.15, 0.2) is 5.60 Å². The molecule has 3 heterocycles. The second-order valence-corrected chi connectivity index (χ2v) is 5.96. The van der Waals surface area contributed by atoms with E-state index >= 15 is 0 Å². The zero-order chi connectivity index (χ0) is 14.7. The van der Waals surface area contributed by atoms with Crippen molar-refractivity contribution in [3.05, 3.63) is 24.3 Å². The van der Waals surface area contributed by atoms with Crippen LogP contribution in [0.25, 0.3) is 0 Å². The van der Waals surface area contributed by atoms with E-state index in [0.29, 0.717) is 19.1 Å². The lowest BCUT2D eigenvalue weighted by atomic mass is 9.92. The highest BCUT2D eigenvalue weighted by molar-refractivity contribution is 5.85. The van der Waals surface area contributed by atoms with Crippen molar-refractivity contribution < 1.29 is 9.53 Å². The Morgan fingerprint density at radius 2 is 2.29 bits per heavy atom. The van der Waals surface area contributed by atoms with Crippen LogP contribution >= 0.6 is 0 Å². The van der Waals surface area contributed by atoms with Gasteiger partial charge in [0.25, 0.3) is 5.91 Å². The molecule has 3 rings (SSSR count). The molecule has 2 aliphatic rings. The molecule has 1 amide bonds. The van der Waals surface area contributed by atoms with Crippen LogP contribution in [0.2, 0.25) is 0 Å². The fourth-order valence-corrected chi connectivity index (χ4v) is 3.12. The summed E-state index contributed by atoms with van der Waals surface area (Å²) in [6.07, 6.45) is 5.27. The van der Waals surface area contributed by atoms with Crippen LogP contribution in [0.1, 0.15) is 31.4 Å². The molecule has 1 unspecified atom stereocenters. The number of carbonyl (C=O) groups is 1. The monoisotopic (exact) mass is 290 g/mol. The topological polar surface area (TPSA) is 67.4 Å². The highest BCUT2D eigenvalue weighted by Crippen LogP contribution is 2.28. The number of piperidine rings is 1. The summed E-state index contributed by atoms with van der Waals surface area (Å²) in [7, 11) is 0. The van der Waals surface area contributed by atoms with Crippen molar-refractivity contribution in [2.24, 2.45) is 0 Å². The van der Waals surface area contributed by atoms with E-state index in [-0.39, 0.29) is 5.91 Å². The molecule has 0 aromatic carbocycles. The van der Waals surface area contributed by atoms with E-state index in [0.717, 1.165) is 38.2 Å². The summed E-state index contributed by atoms with van der Waals surface area (Å²) < 4.78 is 5.72. The van der Waals surface area contributed by atoms with Gasteiger partial charge in [-0.15, -0.1) is 0 Å². The average Bonchev–Trinajstić information content (AvgIpc) is 2.56. The number of hydrogen-bond acceptors (Lipinski definition) is 5. The molecular weight excluding hydrogens is 268 g/mol. The number of amides is 1. The van der Waals surface area contributed by atoms with Crippen molar-refractivity contribution in [2.75, 3.05) is 32.8 Å². The maximum absolute atomic E-state index is 12.7. The number of likely N-dealkylation sites (tertiary alicyclic amines) is 1. The SMILES string of the molecule is CC1(C(=O)N2CCC(c3ccncn3)CC2)CNCCO1. The first-order chi connectivity index (χ1) is 10.2. The molecule has 2 saturated heterocycles. The minimum absolute atomic E-state index is 0.107. The Morgan fingerprint density at radius 3 is 2.90 bits per heavy atom. The van der Waals surface area contributed by atoms with Crippen LogP contribution in [-0.4, -0.2) is 59.2 Å². The van der Waals surface area contributed by atoms with Gasteiger partial charge in [0.1, 0.15) is 6.33 Å². The van der Waals surface area contributed by atoms with Crippen molar-refractivity contribution in [1.82, 2.24) is 20.2 Å². The van der Waals surface area contributed by atoms with E-state index in [1.54, 1.807) is 12.5 Å². The highest BCUT2D eigenvalue weighted by atomic mass is 16.5. The zero-order valence-electron chi connectivity index (χ0n) is 12.4. The molecule has 0 saturated carbocycles. The molecule has 1 aromatic heterocycles. The first kappa shape index (κ1) is 14.4. The number of nitrogens with zero attached hydrogens (tertiary/aromatic N) is 3. The number of rotatable bonds is 2. The van der Waals surface area contributed by atoms with Gasteiger partial charge in [-0.1, -0.05) is 0 Å². The predicted octanol–water partition coefficient (Wildman–Crippen LogP) is 0.561. The summed E-state index contributed by atoms with van der Waals surface area (Å²) in [4.78, 5) is 22.9. The van der Waals surface area contributed by atoms with Crippen molar-refractivity contribution in [1.29, 1.82) is 0 Å². The van der Waals surface area contributed by atoms with Gasteiger partial charge in [0.2, 0.25) is 0 Å². The molecule has 1 N–H and O–H groups in total. The van der Waals surface area contributed by atoms with Gasteiger partial charge in [-0.3, -0.25) is 4.79 Å². The third-order valence-electron chi connectivity index (χ3n) is 4.42. The minimum Gasteiger partial charge on any atom is -0.363 e.